The predicted molar refractivity (Wildman–Crippen MR) is 201 cm³/mol. The summed E-state index contributed by atoms with van der Waals surface area (Å²) in [6.07, 6.45) is 11.9. The van der Waals surface area contributed by atoms with E-state index in [1.165, 1.54) is 18.9 Å². The number of piperazine rings is 1. The molecule has 0 radical (unpaired) electrons. The van der Waals surface area contributed by atoms with E-state index in [0.29, 0.717) is 64.9 Å². The monoisotopic (exact) mass is 727 g/mol. The minimum absolute atomic E-state index is 0.0235. The van der Waals surface area contributed by atoms with Crippen LogP contribution in [0.25, 0.3) is 32.9 Å². The molecule has 280 valence electrons. The summed E-state index contributed by atoms with van der Waals surface area (Å²) in [6, 6.07) is 11.1. The van der Waals surface area contributed by atoms with Crippen molar-refractivity contribution >= 4 is 33.6 Å². The number of terminal acetylenes is 1. The van der Waals surface area contributed by atoms with E-state index in [9.17, 15) is 13.6 Å². The lowest BCUT2D eigenvalue weighted by Gasteiger charge is -2.42. The molecule has 2 bridgehead atoms. The second-order valence-electron chi connectivity index (χ2n) is 15.3. The average Bonchev–Trinajstić information content (AvgIpc) is 3.80. The summed E-state index contributed by atoms with van der Waals surface area (Å²) < 4.78 is 49.7. The summed E-state index contributed by atoms with van der Waals surface area (Å²) in [4.78, 5) is 29.1. The van der Waals surface area contributed by atoms with Crippen LogP contribution in [0.5, 0.6) is 11.6 Å². The van der Waals surface area contributed by atoms with E-state index in [0.717, 1.165) is 36.9 Å². The summed E-state index contributed by atoms with van der Waals surface area (Å²) in [5, 5.41) is 1.30. The second kappa shape index (κ2) is 15.0. The zero-order valence-corrected chi connectivity index (χ0v) is 31.0. The van der Waals surface area contributed by atoms with Crippen molar-refractivity contribution in [2.45, 2.75) is 82.8 Å². The fourth-order valence-electron chi connectivity index (χ4n) is 8.30. The van der Waals surface area contributed by atoms with Gasteiger partial charge in [-0.1, -0.05) is 12.0 Å². The van der Waals surface area contributed by atoms with Gasteiger partial charge in [0.1, 0.15) is 28.9 Å². The Bertz CT molecular complexity index is 2020. The van der Waals surface area contributed by atoms with E-state index < -0.39 is 17.6 Å². The van der Waals surface area contributed by atoms with E-state index in [-0.39, 0.29) is 30.5 Å². The van der Waals surface area contributed by atoms with Gasteiger partial charge in [0, 0.05) is 56.0 Å². The van der Waals surface area contributed by atoms with E-state index in [1.807, 2.05) is 37.8 Å². The van der Waals surface area contributed by atoms with Crippen LogP contribution in [0.3, 0.4) is 0 Å². The highest BCUT2D eigenvalue weighted by atomic mass is 19.1. The number of aromatic nitrogens is 2. The maximum absolute atomic E-state index is 14.9. The lowest BCUT2D eigenvalue weighted by molar-refractivity contribution is 0.0123. The van der Waals surface area contributed by atoms with Gasteiger partial charge in [0.15, 0.2) is 6.79 Å². The SMILES string of the molecule is C#Cc1c(F)ccc2cc(OCOC)cc(-c3cnc4c(N5CC6CCC(C5)N6C(=O)OC(C)(C)C)cc(OC)nc4c3)c12.FC1CC2CCCN2C1. The molecule has 1 amide bonds. The molecule has 0 spiro atoms. The summed E-state index contributed by atoms with van der Waals surface area (Å²) >= 11 is 0. The van der Waals surface area contributed by atoms with Crippen LogP contribution < -0.4 is 14.4 Å². The number of ether oxygens (including phenoxy) is 4. The Kier molecular flexibility index (Phi) is 10.3. The van der Waals surface area contributed by atoms with Gasteiger partial charge in [0.05, 0.1) is 36.0 Å². The third-order valence-electron chi connectivity index (χ3n) is 10.5. The number of hydrogen-bond donors (Lipinski definition) is 0. The maximum atomic E-state index is 14.9. The number of anilines is 1. The summed E-state index contributed by atoms with van der Waals surface area (Å²) in [7, 11) is 3.12. The summed E-state index contributed by atoms with van der Waals surface area (Å²) in [5.41, 5.74) is 3.12. The highest BCUT2D eigenvalue weighted by molar-refractivity contribution is 6.03. The smallest absolute Gasteiger partial charge is 0.410 e. The summed E-state index contributed by atoms with van der Waals surface area (Å²) in [6.45, 7) is 8.83. The van der Waals surface area contributed by atoms with E-state index in [2.05, 4.69) is 15.7 Å². The molecular formula is C41H47F2N5O5. The molecule has 4 atom stereocenters. The quantitative estimate of drug-likeness (QED) is 0.150. The molecule has 4 fully saturated rings. The Morgan fingerprint density at radius 3 is 2.49 bits per heavy atom. The number of carbonyl (C=O) groups is 1. The Labute approximate surface area is 309 Å². The van der Waals surface area contributed by atoms with Crippen LogP contribution in [-0.4, -0.2) is 103 Å². The number of hydrogen-bond acceptors (Lipinski definition) is 9. The first-order valence-corrected chi connectivity index (χ1v) is 18.3. The lowest BCUT2D eigenvalue weighted by Crippen LogP contribution is -2.56. The number of fused-ring (bicyclic) bond motifs is 5. The van der Waals surface area contributed by atoms with Crippen molar-refractivity contribution < 1.29 is 32.5 Å². The van der Waals surface area contributed by atoms with Gasteiger partial charge in [-0.15, -0.1) is 6.42 Å². The molecule has 4 aliphatic rings. The van der Waals surface area contributed by atoms with Crippen LogP contribution in [0, 0.1) is 18.2 Å². The number of nitrogens with zero attached hydrogens (tertiary/aromatic N) is 5. The standard InChI is InChI=1S/C34H35FN4O5.C7H12FN/c1-7-25-27(35)11-8-20-12-24(43-19-41-5)14-26(31(20)25)21-13-28-32(36-16-21)29(15-30(37-28)42-6)38-17-22-9-10-23(18-38)39(22)33(40)44-34(2,3)4;8-6-4-7-2-1-3-9(7)5-6/h1,8,11-16,22-23H,9-10,17-19H2,2-6H3;6-7H,1-5H2. The molecule has 2 aromatic heterocycles. The fourth-order valence-corrected chi connectivity index (χ4v) is 8.30. The molecule has 53 heavy (non-hydrogen) atoms. The topological polar surface area (TPSA) is 89.5 Å². The molecule has 0 saturated carbocycles. The molecule has 4 aliphatic heterocycles. The van der Waals surface area contributed by atoms with Crippen molar-refractivity contribution in [2.24, 2.45) is 0 Å². The number of alkyl halides is 1. The van der Waals surface area contributed by atoms with Crippen LogP contribution >= 0.6 is 0 Å². The van der Waals surface area contributed by atoms with Gasteiger partial charge >= 0.3 is 6.09 Å². The van der Waals surface area contributed by atoms with Crippen molar-refractivity contribution in [1.29, 1.82) is 0 Å². The van der Waals surface area contributed by atoms with Crippen molar-refractivity contribution in [1.82, 2.24) is 19.8 Å². The van der Waals surface area contributed by atoms with Gasteiger partial charge in [0.25, 0.3) is 0 Å². The summed E-state index contributed by atoms with van der Waals surface area (Å²) in [5.74, 6) is 3.01. The number of rotatable bonds is 6. The Balaban J connectivity index is 0.000000418. The van der Waals surface area contributed by atoms with Crippen LogP contribution in [0.1, 0.15) is 58.4 Å². The average molecular weight is 728 g/mol. The van der Waals surface area contributed by atoms with Gasteiger partial charge in [-0.3, -0.25) is 14.8 Å². The van der Waals surface area contributed by atoms with Crippen LogP contribution in [-0.2, 0) is 9.47 Å². The largest absolute Gasteiger partial charge is 0.481 e. The zero-order valence-electron chi connectivity index (χ0n) is 31.0. The number of carbonyl (C=O) groups excluding carboxylic acids is 1. The van der Waals surface area contributed by atoms with Gasteiger partial charge in [-0.25, -0.2) is 18.6 Å². The van der Waals surface area contributed by atoms with Crippen molar-refractivity contribution in [3.8, 4) is 35.1 Å². The van der Waals surface area contributed by atoms with Crippen molar-refractivity contribution in [3.05, 3.63) is 54.0 Å². The molecule has 4 saturated heterocycles. The first-order chi connectivity index (χ1) is 25.5. The Hall–Kier alpha value is -4.73. The third kappa shape index (κ3) is 7.55. The van der Waals surface area contributed by atoms with Crippen molar-refractivity contribution in [2.75, 3.05) is 52.1 Å². The molecule has 8 rings (SSSR count). The number of amides is 1. The maximum Gasteiger partial charge on any atom is 0.410 e. The van der Waals surface area contributed by atoms with Gasteiger partial charge < -0.3 is 23.8 Å². The molecule has 0 N–H and O–H groups in total. The first-order valence-electron chi connectivity index (χ1n) is 18.3. The van der Waals surface area contributed by atoms with E-state index in [4.69, 9.17) is 35.3 Å². The molecule has 0 aliphatic carbocycles. The lowest BCUT2D eigenvalue weighted by atomic mass is 9.94. The molecule has 2 aromatic carbocycles. The van der Waals surface area contributed by atoms with Gasteiger partial charge in [-0.2, -0.15) is 0 Å². The fraction of sp³-hybridized carbons (Fsp3) is 0.488. The molecule has 6 heterocycles. The Morgan fingerprint density at radius 1 is 1.04 bits per heavy atom. The molecular weight excluding hydrogens is 680 g/mol. The second-order valence-corrected chi connectivity index (χ2v) is 15.3. The normalized spacial score (nSPS) is 22.4. The minimum Gasteiger partial charge on any atom is -0.481 e. The van der Waals surface area contributed by atoms with Crippen molar-refractivity contribution in [3.63, 3.8) is 0 Å². The number of benzene rings is 2. The molecule has 4 aromatic rings. The molecule has 10 nitrogen and oxygen atoms in total. The van der Waals surface area contributed by atoms with Crippen LogP contribution in [0.2, 0.25) is 0 Å². The zero-order chi connectivity index (χ0) is 37.4. The number of halogens is 2. The number of methoxy groups -OCH3 is 2. The highest BCUT2D eigenvalue weighted by Gasteiger charge is 2.45. The van der Waals surface area contributed by atoms with E-state index in [1.54, 1.807) is 38.6 Å². The predicted octanol–water partition coefficient (Wildman–Crippen LogP) is 7.34. The third-order valence-corrected chi connectivity index (χ3v) is 10.5. The van der Waals surface area contributed by atoms with E-state index >= 15 is 0 Å². The molecule has 12 heteroatoms. The molecule has 4 unspecified atom stereocenters. The first kappa shape index (κ1) is 36.6. The van der Waals surface area contributed by atoms with Gasteiger partial charge in [-0.05, 0) is 94.6 Å². The van der Waals surface area contributed by atoms with Crippen LogP contribution in [0.15, 0.2) is 42.6 Å². The Morgan fingerprint density at radius 2 is 1.81 bits per heavy atom. The highest BCUT2D eigenvalue weighted by Crippen LogP contribution is 2.40. The van der Waals surface area contributed by atoms with Gasteiger partial charge in [0.2, 0.25) is 5.88 Å². The number of pyridine rings is 2. The van der Waals surface area contributed by atoms with Crippen LogP contribution in [0.4, 0.5) is 19.3 Å². The minimum atomic E-state index is -0.558.